The van der Waals surface area contributed by atoms with Crippen molar-refractivity contribution in [3.8, 4) is 0 Å². The molecular weight excluding hydrogens is 459 g/mol. The Morgan fingerprint density at radius 1 is 1.19 bits per heavy atom. The highest BCUT2D eigenvalue weighted by molar-refractivity contribution is 6.33. The smallest absolute Gasteiger partial charge is 0.306 e. The van der Waals surface area contributed by atoms with Gasteiger partial charge in [-0.1, -0.05) is 41.4 Å². The molecule has 0 bridgehead atoms. The number of carbonyl (C=O) groups is 2. The minimum Gasteiger partial charge on any atom is -0.466 e. The first kappa shape index (κ1) is 24.5. The average molecular weight is 484 g/mol. The van der Waals surface area contributed by atoms with Crippen molar-refractivity contribution in [1.82, 2.24) is 0 Å². The minimum atomic E-state index is -2.78. The van der Waals surface area contributed by atoms with Gasteiger partial charge in [-0.3, -0.25) is 9.59 Å². The second kappa shape index (κ2) is 10.6. The van der Waals surface area contributed by atoms with Gasteiger partial charge < -0.3 is 10.1 Å². The summed E-state index contributed by atoms with van der Waals surface area (Å²) in [5.41, 5.74) is 1.80. The normalized spacial score (nSPS) is 18.2. The Morgan fingerprint density at radius 2 is 1.91 bits per heavy atom. The number of amides is 1. The van der Waals surface area contributed by atoms with Crippen LogP contribution in [0.5, 0.6) is 0 Å². The number of ether oxygens (including phenoxy) is 1. The van der Waals surface area contributed by atoms with Crippen molar-refractivity contribution in [3.05, 3.63) is 63.6 Å². The van der Waals surface area contributed by atoms with Gasteiger partial charge in [0.15, 0.2) is 0 Å². The predicted molar refractivity (Wildman–Crippen MR) is 122 cm³/mol. The summed E-state index contributed by atoms with van der Waals surface area (Å²) >= 11 is 12.3. The fourth-order valence-electron chi connectivity index (χ4n) is 4.09. The van der Waals surface area contributed by atoms with E-state index in [-0.39, 0.29) is 31.7 Å². The van der Waals surface area contributed by atoms with E-state index >= 15 is 0 Å². The number of hydrogen-bond acceptors (Lipinski definition) is 3. The summed E-state index contributed by atoms with van der Waals surface area (Å²) in [6, 6.07) is 11.8. The zero-order valence-corrected chi connectivity index (χ0v) is 19.2. The van der Waals surface area contributed by atoms with Gasteiger partial charge in [-0.25, -0.2) is 8.78 Å². The first-order chi connectivity index (χ1) is 15.2. The third-order valence-electron chi connectivity index (χ3n) is 5.64. The molecule has 172 valence electrons. The van der Waals surface area contributed by atoms with Gasteiger partial charge in [-0.2, -0.15) is 0 Å². The number of anilines is 1. The summed E-state index contributed by atoms with van der Waals surface area (Å²) in [5, 5.41) is 3.64. The molecule has 1 amide bonds. The summed E-state index contributed by atoms with van der Waals surface area (Å²) < 4.78 is 32.8. The molecule has 1 saturated carbocycles. The van der Waals surface area contributed by atoms with E-state index in [0.29, 0.717) is 34.3 Å². The Balaban J connectivity index is 1.80. The molecule has 2 unspecified atom stereocenters. The summed E-state index contributed by atoms with van der Waals surface area (Å²) in [4.78, 5) is 24.9. The lowest BCUT2D eigenvalue weighted by atomic mass is 9.84. The van der Waals surface area contributed by atoms with Crippen molar-refractivity contribution < 1.29 is 23.1 Å². The maximum Gasteiger partial charge on any atom is 0.306 e. The van der Waals surface area contributed by atoms with Crippen LogP contribution in [0.25, 0.3) is 0 Å². The lowest BCUT2D eigenvalue weighted by Gasteiger charge is -2.24. The maximum atomic E-state index is 13.9. The Morgan fingerprint density at radius 3 is 2.53 bits per heavy atom. The number of benzene rings is 2. The van der Waals surface area contributed by atoms with Crippen molar-refractivity contribution in [3.63, 3.8) is 0 Å². The van der Waals surface area contributed by atoms with Crippen molar-refractivity contribution in [2.75, 3.05) is 11.9 Å². The summed E-state index contributed by atoms with van der Waals surface area (Å²) in [6.07, 6.45) is 0.295. The fourth-order valence-corrected chi connectivity index (χ4v) is 4.38. The highest BCUT2D eigenvalue weighted by atomic mass is 35.5. The molecule has 0 aliphatic heterocycles. The van der Waals surface area contributed by atoms with Crippen LogP contribution < -0.4 is 5.32 Å². The van der Waals surface area contributed by atoms with Crippen molar-refractivity contribution in [2.24, 2.45) is 5.92 Å². The van der Waals surface area contributed by atoms with Gasteiger partial charge in [0, 0.05) is 24.3 Å². The van der Waals surface area contributed by atoms with E-state index in [2.05, 4.69) is 5.32 Å². The number of alkyl halides is 2. The van der Waals surface area contributed by atoms with Crippen molar-refractivity contribution in [2.45, 2.75) is 50.9 Å². The van der Waals surface area contributed by atoms with Gasteiger partial charge in [0.05, 0.1) is 23.2 Å². The van der Waals surface area contributed by atoms with Crippen LogP contribution >= 0.6 is 23.2 Å². The third kappa shape index (κ3) is 6.42. The Kier molecular flexibility index (Phi) is 8.12. The van der Waals surface area contributed by atoms with Crippen LogP contribution in [-0.4, -0.2) is 24.4 Å². The molecular formula is C24H25Cl2F2NO3. The Bertz CT molecular complexity index is 966. The van der Waals surface area contributed by atoms with E-state index in [4.69, 9.17) is 27.9 Å². The van der Waals surface area contributed by atoms with Gasteiger partial charge in [-0.05, 0) is 61.1 Å². The van der Waals surface area contributed by atoms with E-state index in [1.807, 2.05) is 0 Å². The van der Waals surface area contributed by atoms with E-state index in [1.165, 1.54) is 0 Å². The van der Waals surface area contributed by atoms with Gasteiger partial charge in [-0.15, -0.1) is 0 Å². The zero-order valence-electron chi connectivity index (χ0n) is 17.7. The van der Waals surface area contributed by atoms with Crippen LogP contribution in [0.1, 0.15) is 49.7 Å². The lowest BCUT2D eigenvalue weighted by Crippen LogP contribution is -2.27. The molecule has 0 spiro atoms. The summed E-state index contributed by atoms with van der Waals surface area (Å²) in [6.45, 7) is 2.05. The number of esters is 1. The molecule has 2 aromatic carbocycles. The van der Waals surface area contributed by atoms with E-state index < -0.39 is 23.7 Å². The molecule has 8 heteroatoms. The maximum absolute atomic E-state index is 13.9. The molecule has 0 aromatic heterocycles. The first-order valence-corrected chi connectivity index (χ1v) is 11.3. The standard InChI is InChI=1S/C24H25Cl2F2NO3/c1-2-32-21(30)10-4-15-3-9-19(26)20(13-15)29-23(31)22(16-5-7-18(25)8-6-16)17-11-12-24(27,28)14-17/h3,5-9,13,17,22H,2,4,10-12,14H2,1H3,(H,29,31). The number of nitrogens with one attached hydrogen (secondary N) is 1. The molecule has 0 saturated heterocycles. The van der Waals surface area contributed by atoms with Gasteiger partial charge in [0.1, 0.15) is 0 Å². The molecule has 3 rings (SSSR count). The van der Waals surface area contributed by atoms with Gasteiger partial charge in [0.2, 0.25) is 11.8 Å². The number of aryl methyl sites for hydroxylation is 1. The van der Waals surface area contributed by atoms with E-state index in [0.717, 1.165) is 5.56 Å². The van der Waals surface area contributed by atoms with Crippen LogP contribution in [0.15, 0.2) is 42.5 Å². The summed E-state index contributed by atoms with van der Waals surface area (Å²) in [7, 11) is 0. The average Bonchev–Trinajstić information content (AvgIpc) is 3.09. The highest BCUT2D eigenvalue weighted by Gasteiger charge is 2.45. The fraction of sp³-hybridized carbons (Fsp3) is 0.417. The van der Waals surface area contributed by atoms with E-state index in [9.17, 15) is 18.4 Å². The molecule has 1 fully saturated rings. The third-order valence-corrected chi connectivity index (χ3v) is 6.22. The monoisotopic (exact) mass is 483 g/mol. The molecule has 1 N–H and O–H groups in total. The number of hydrogen-bond donors (Lipinski definition) is 1. The second-order valence-corrected chi connectivity index (χ2v) is 8.84. The summed E-state index contributed by atoms with van der Waals surface area (Å²) in [5.74, 6) is -4.75. The molecule has 32 heavy (non-hydrogen) atoms. The predicted octanol–water partition coefficient (Wildman–Crippen LogP) is 6.65. The first-order valence-electron chi connectivity index (χ1n) is 10.6. The molecule has 4 nitrogen and oxygen atoms in total. The number of halogens is 4. The van der Waals surface area contributed by atoms with Crippen LogP contribution in [0.2, 0.25) is 10.0 Å². The molecule has 1 aliphatic carbocycles. The Labute approximate surface area is 196 Å². The molecule has 1 aliphatic rings. The SMILES string of the molecule is CCOC(=O)CCc1ccc(Cl)c(NC(=O)C(c2ccc(Cl)cc2)C2CCC(F)(F)C2)c1. The van der Waals surface area contributed by atoms with Crippen molar-refractivity contribution in [1.29, 1.82) is 0 Å². The minimum absolute atomic E-state index is 0.202. The zero-order chi connectivity index (χ0) is 23.3. The van der Waals surface area contributed by atoms with Gasteiger partial charge in [0.25, 0.3) is 0 Å². The molecule has 2 atom stereocenters. The quantitative estimate of drug-likeness (QED) is 0.427. The second-order valence-electron chi connectivity index (χ2n) is 8.00. The van der Waals surface area contributed by atoms with E-state index in [1.54, 1.807) is 49.4 Å². The molecule has 0 radical (unpaired) electrons. The topological polar surface area (TPSA) is 55.4 Å². The highest BCUT2D eigenvalue weighted by Crippen LogP contribution is 2.46. The van der Waals surface area contributed by atoms with Crippen LogP contribution in [0.4, 0.5) is 14.5 Å². The molecule has 2 aromatic rings. The van der Waals surface area contributed by atoms with Crippen LogP contribution in [0, 0.1) is 5.92 Å². The van der Waals surface area contributed by atoms with Crippen LogP contribution in [-0.2, 0) is 20.7 Å². The number of rotatable bonds is 8. The van der Waals surface area contributed by atoms with Gasteiger partial charge >= 0.3 is 5.97 Å². The lowest BCUT2D eigenvalue weighted by molar-refractivity contribution is -0.143. The molecule has 0 heterocycles. The Hall–Kier alpha value is -2.18. The van der Waals surface area contributed by atoms with Crippen LogP contribution in [0.3, 0.4) is 0 Å². The largest absolute Gasteiger partial charge is 0.466 e. The number of carbonyl (C=O) groups excluding carboxylic acids is 2. The van der Waals surface area contributed by atoms with Crippen molar-refractivity contribution >= 4 is 40.8 Å².